The first kappa shape index (κ1) is 15.3. The van der Waals surface area contributed by atoms with E-state index in [1.165, 1.54) is 11.8 Å². The van der Waals surface area contributed by atoms with Crippen molar-refractivity contribution in [3.63, 3.8) is 0 Å². The number of aromatic amines is 1. The standard InChI is InChI=1S/C15H12N4O3S2/c1-23-7-11-18-19-15(22-11)24-6-10-16-12-8-4-2-3-5-9(8)21-13(12)14(20)17-10/h2-5H,6-7H2,1H3,(H,16,17,20). The number of rotatable bonds is 5. The Morgan fingerprint density at radius 2 is 2.04 bits per heavy atom. The number of nitrogens with one attached hydrogen (secondary N) is 1. The topological polar surface area (TPSA) is 97.8 Å². The highest BCUT2D eigenvalue weighted by molar-refractivity contribution is 7.98. The van der Waals surface area contributed by atoms with Crippen molar-refractivity contribution in [2.24, 2.45) is 0 Å². The average Bonchev–Trinajstić information content (AvgIpc) is 3.18. The molecule has 1 N–H and O–H groups in total. The summed E-state index contributed by atoms with van der Waals surface area (Å²) in [5.74, 6) is 2.22. The maximum absolute atomic E-state index is 12.2. The van der Waals surface area contributed by atoms with Crippen LogP contribution in [-0.2, 0) is 11.5 Å². The van der Waals surface area contributed by atoms with Crippen LogP contribution in [0.15, 0.2) is 43.1 Å². The van der Waals surface area contributed by atoms with Crippen molar-refractivity contribution in [3.05, 3.63) is 46.3 Å². The van der Waals surface area contributed by atoms with Crippen LogP contribution in [0, 0.1) is 0 Å². The molecule has 0 amide bonds. The molecule has 0 aliphatic heterocycles. The molecule has 1 aromatic carbocycles. The minimum atomic E-state index is -0.291. The Bertz CT molecular complexity index is 1070. The van der Waals surface area contributed by atoms with Crippen molar-refractivity contribution in [1.82, 2.24) is 20.2 Å². The molecule has 0 aliphatic rings. The number of benzene rings is 1. The second kappa shape index (κ2) is 6.33. The van der Waals surface area contributed by atoms with Gasteiger partial charge < -0.3 is 13.8 Å². The number of thioether (sulfide) groups is 2. The third-order valence-electron chi connectivity index (χ3n) is 3.33. The predicted molar refractivity (Wildman–Crippen MR) is 93.2 cm³/mol. The molecule has 0 bridgehead atoms. The van der Waals surface area contributed by atoms with Gasteiger partial charge in [0.25, 0.3) is 10.8 Å². The first-order valence-corrected chi connectivity index (χ1v) is 9.47. The summed E-state index contributed by atoms with van der Waals surface area (Å²) < 4.78 is 11.1. The highest BCUT2D eigenvalue weighted by Crippen LogP contribution is 2.26. The molecule has 24 heavy (non-hydrogen) atoms. The Kier molecular flexibility index (Phi) is 4.03. The Morgan fingerprint density at radius 3 is 2.92 bits per heavy atom. The van der Waals surface area contributed by atoms with Crippen LogP contribution in [0.2, 0.25) is 0 Å². The molecular weight excluding hydrogens is 348 g/mol. The van der Waals surface area contributed by atoms with Gasteiger partial charge in [-0.05, 0) is 18.4 Å². The van der Waals surface area contributed by atoms with Crippen molar-refractivity contribution in [3.8, 4) is 0 Å². The monoisotopic (exact) mass is 360 g/mol. The smallest absolute Gasteiger partial charge is 0.294 e. The van der Waals surface area contributed by atoms with Crippen LogP contribution >= 0.6 is 23.5 Å². The molecule has 4 rings (SSSR count). The van der Waals surface area contributed by atoms with Crippen molar-refractivity contribution in [2.45, 2.75) is 16.7 Å². The second-order valence-electron chi connectivity index (χ2n) is 4.97. The van der Waals surface area contributed by atoms with Crippen LogP contribution in [0.1, 0.15) is 11.7 Å². The van der Waals surface area contributed by atoms with E-state index >= 15 is 0 Å². The predicted octanol–water partition coefficient (Wildman–Crippen LogP) is 3.21. The molecule has 0 unspecified atom stereocenters. The van der Waals surface area contributed by atoms with Gasteiger partial charge in [-0.15, -0.1) is 10.2 Å². The summed E-state index contributed by atoms with van der Waals surface area (Å²) in [5, 5.41) is 9.20. The Labute approximate surface area is 144 Å². The molecule has 0 saturated carbocycles. The largest absolute Gasteiger partial charge is 0.449 e. The number of hydrogen-bond donors (Lipinski definition) is 1. The summed E-state index contributed by atoms with van der Waals surface area (Å²) in [4.78, 5) is 19.5. The second-order valence-corrected chi connectivity index (χ2v) is 6.76. The van der Waals surface area contributed by atoms with Gasteiger partial charge in [0.1, 0.15) is 16.9 Å². The minimum absolute atomic E-state index is 0.241. The molecule has 0 saturated heterocycles. The minimum Gasteiger partial charge on any atom is -0.449 e. The molecule has 0 atom stereocenters. The number of nitrogens with zero attached hydrogens (tertiary/aromatic N) is 3. The van der Waals surface area contributed by atoms with E-state index in [9.17, 15) is 4.79 Å². The lowest BCUT2D eigenvalue weighted by Gasteiger charge is -1.98. The summed E-state index contributed by atoms with van der Waals surface area (Å²) in [7, 11) is 0. The Morgan fingerprint density at radius 1 is 1.17 bits per heavy atom. The molecule has 0 spiro atoms. The van der Waals surface area contributed by atoms with Crippen LogP contribution in [0.3, 0.4) is 0 Å². The lowest BCUT2D eigenvalue weighted by Crippen LogP contribution is -2.10. The number of para-hydroxylation sites is 1. The molecule has 0 aliphatic carbocycles. The zero-order valence-electron chi connectivity index (χ0n) is 12.6. The highest BCUT2D eigenvalue weighted by atomic mass is 32.2. The third-order valence-corrected chi connectivity index (χ3v) is 4.69. The van der Waals surface area contributed by atoms with Gasteiger partial charge in [-0.2, -0.15) is 11.8 Å². The maximum atomic E-state index is 12.2. The van der Waals surface area contributed by atoms with E-state index in [0.717, 1.165) is 5.39 Å². The van der Waals surface area contributed by atoms with E-state index in [2.05, 4.69) is 20.2 Å². The van der Waals surface area contributed by atoms with Gasteiger partial charge in [0.2, 0.25) is 11.5 Å². The molecule has 0 fully saturated rings. The van der Waals surface area contributed by atoms with Crippen molar-refractivity contribution >= 4 is 45.6 Å². The van der Waals surface area contributed by atoms with Gasteiger partial charge in [-0.3, -0.25) is 4.79 Å². The number of furan rings is 1. The number of hydrogen-bond acceptors (Lipinski definition) is 8. The fourth-order valence-corrected chi connectivity index (χ4v) is 3.34. The van der Waals surface area contributed by atoms with Crippen LogP contribution in [0.4, 0.5) is 0 Å². The quantitative estimate of drug-likeness (QED) is 0.542. The average molecular weight is 360 g/mol. The SMILES string of the molecule is CSCc1nnc(SCc2nc3c(oc4ccccc43)c(=O)[nH]2)o1. The van der Waals surface area contributed by atoms with Gasteiger partial charge in [-0.1, -0.05) is 23.9 Å². The molecule has 9 heteroatoms. The van der Waals surface area contributed by atoms with Crippen LogP contribution in [-0.4, -0.2) is 26.4 Å². The zero-order valence-corrected chi connectivity index (χ0v) is 14.2. The lowest BCUT2D eigenvalue weighted by atomic mass is 10.2. The molecule has 122 valence electrons. The molecule has 3 aromatic heterocycles. The van der Waals surface area contributed by atoms with E-state index < -0.39 is 0 Å². The summed E-state index contributed by atoms with van der Waals surface area (Å²) in [5.41, 5.74) is 1.16. The third kappa shape index (κ3) is 2.80. The zero-order chi connectivity index (χ0) is 16.5. The Hall–Kier alpha value is -2.26. The molecule has 0 radical (unpaired) electrons. The summed E-state index contributed by atoms with van der Waals surface area (Å²) in [6.45, 7) is 0. The van der Waals surface area contributed by atoms with E-state index in [0.29, 0.717) is 39.5 Å². The first-order chi connectivity index (χ1) is 11.7. The van der Waals surface area contributed by atoms with Gasteiger partial charge in [0.15, 0.2) is 0 Å². The fourth-order valence-electron chi connectivity index (χ4n) is 2.32. The maximum Gasteiger partial charge on any atom is 0.294 e. The fraction of sp³-hybridized carbons (Fsp3) is 0.200. The molecular formula is C15H12N4O3S2. The van der Waals surface area contributed by atoms with Crippen molar-refractivity contribution in [2.75, 3.05) is 6.26 Å². The molecule has 7 nitrogen and oxygen atoms in total. The first-order valence-electron chi connectivity index (χ1n) is 7.09. The van der Waals surface area contributed by atoms with Gasteiger partial charge in [-0.25, -0.2) is 4.98 Å². The van der Waals surface area contributed by atoms with Crippen molar-refractivity contribution in [1.29, 1.82) is 0 Å². The van der Waals surface area contributed by atoms with E-state index in [-0.39, 0.29) is 11.1 Å². The van der Waals surface area contributed by atoms with E-state index in [1.807, 2.05) is 30.5 Å². The van der Waals surface area contributed by atoms with Crippen LogP contribution in [0.5, 0.6) is 0 Å². The van der Waals surface area contributed by atoms with Crippen LogP contribution in [0.25, 0.3) is 22.1 Å². The lowest BCUT2D eigenvalue weighted by molar-refractivity contribution is 0.426. The normalized spacial score (nSPS) is 11.5. The van der Waals surface area contributed by atoms with Gasteiger partial charge in [0.05, 0.1) is 11.5 Å². The van der Waals surface area contributed by atoms with Gasteiger partial charge >= 0.3 is 0 Å². The van der Waals surface area contributed by atoms with E-state index in [4.69, 9.17) is 8.83 Å². The van der Waals surface area contributed by atoms with E-state index in [1.54, 1.807) is 11.8 Å². The molecule has 4 aromatic rings. The summed E-state index contributed by atoms with van der Waals surface area (Å²) in [6, 6.07) is 7.45. The van der Waals surface area contributed by atoms with Gasteiger partial charge in [0, 0.05) is 5.39 Å². The summed E-state index contributed by atoms with van der Waals surface area (Å²) in [6.07, 6.45) is 1.97. The summed E-state index contributed by atoms with van der Waals surface area (Å²) >= 11 is 2.94. The molecule has 3 heterocycles. The number of aromatic nitrogens is 4. The highest BCUT2D eigenvalue weighted by Gasteiger charge is 2.14. The number of H-pyrrole nitrogens is 1. The van der Waals surface area contributed by atoms with Crippen molar-refractivity contribution < 1.29 is 8.83 Å². The number of fused-ring (bicyclic) bond motifs is 3. The van der Waals surface area contributed by atoms with Crippen LogP contribution < -0.4 is 5.56 Å². The Balaban J connectivity index is 1.64.